The van der Waals surface area contributed by atoms with Crippen molar-refractivity contribution in [2.75, 3.05) is 13.1 Å². The number of allylic oxidation sites excluding steroid dienone is 1. The Balaban J connectivity index is 1.39. The standard InChI is InChI=1S/C20H29N3O2/c1-16(17-7-3-2-4-8-17)22-20(24)23-13-10-19(11-14-23)25-15-18-9-5-6-12-21-18/h5-7,9,12,16,19H,2-4,8,10-11,13-15H2,1H3,(H,22,24). The number of hydrogen-bond acceptors (Lipinski definition) is 3. The van der Waals surface area contributed by atoms with E-state index >= 15 is 0 Å². The van der Waals surface area contributed by atoms with E-state index in [1.807, 2.05) is 23.1 Å². The predicted molar refractivity (Wildman–Crippen MR) is 98.2 cm³/mol. The van der Waals surface area contributed by atoms with Crippen molar-refractivity contribution in [3.8, 4) is 0 Å². The van der Waals surface area contributed by atoms with Gasteiger partial charge in [0.15, 0.2) is 0 Å². The minimum atomic E-state index is 0.0575. The van der Waals surface area contributed by atoms with Crippen LogP contribution in [0.15, 0.2) is 36.0 Å². The first-order chi connectivity index (χ1) is 12.2. The normalized spacial score (nSPS) is 20.0. The molecule has 0 radical (unpaired) electrons. The molecule has 3 rings (SSSR count). The number of amides is 2. The molecule has 1 aliphatic carbocycles. The average molecular weight is 343 g/mol. The maximum Gasteiger partial charge on any atom is 0.317 e. The van der Waals surface area contributed by atoms with Gasteiger partial charge in [0.1, 0.15) is 0 Å². The predicted octanol–water partition coefficient (Wildman–Crippen LogP) is 3.66. The highest BCUT2D eigenvalue weighted by atomic mass is 16.5. The molecule has 1 atom stereocenters. The molecule has 2 aliphatic rings. The lowest BCUT2D eigenvalue weighted by molar-refractivity contribution is 0.00299. The van der Waals surface area contributed by atoms with Crippen LogP contribution in [0.4, 0.5) is 4.79 Å². The smallest absolute Gasteiger partial charge is 0.317 e. The van der Waals surface area contributed by atoms with E-state index in [9.17, 15) is 4.79 Å². The number of likely N-dealkylation sites (tertiary alicyclic amines) is 1. The summed E-state index contributed by atoms with van der Waals surface area (Å²) < 4.78 is 5.94. The number of carbonyl (C=O) groups is 1. The van der Waals surface area contributed by atoms with Crippen LogP contribution in [0.1, 0.15) is 51.1 Å². The van der Waals surface area contributed by atoms with Gasteiger partial charge in [0.2, 0.25) is 0 Å². The van der Waals surface area contributed by atoms with Crippen molar-refractivity contribution in [2.24, 2.45) is 0 Å². The molecular weight excluding hydrogens is 314 g/mol. The summed E-state index contributed by atoms with van der Waals surface area (Å²) in [5, 5.41) is 3.16. The van der Waals surface area contributed by atoms with Gasteiger partial charge in [0.05, 0.1) is 18.4 Å². The summed E-state index contributed by atoms with van der Waals surface area (Å²) in [7, 11) is 0. The van der Waals surface area contributed by atoms with Crippen LogP contribution in [0, 0.1) is 0 Å². The van der Waals surface area contributed by atoms with Crippen molar-refractivity contribution in [3.63, 3.8) is 0 Å². The molecule has 25 heavy (non-hydrogen) atoms. The summed E-state index contributed by atoms with van der Waals surface area (Å²) in [4.78, 5) is 18.7. The van der Waals surface area contributed by atoms with Gasteiger partial charge < -0.3 is 15.0 Å². The molecule has 1 aromatic heterocycles. The number of nitrogens with one attached hydrogen (secondary N) is 1. The van der Waals surface area contributed by atoms with E-state index in [0.29, 0.717) is 6.61 Å². The fourth-order valence-corrected chi connectivity index (χ4v) is 3.54. The van der Waals surface area contributed by atoms with Gasteiger partial charge in [0, 0.05) is 25.3 Å². The van der Waals surface area contributed by atoms with Gasteiger partial charge in [0.25, 0.3) is 0 Å². The molecule has 1 aromatic rings. The summed E-state index contributed by atoms with van der Waals surface area (Å²) in [6.45, 7) is 4.15. The number of aromatic nitrogens is 1. The van der Waals surface area contributed by atoms with E-state index in [0.717, 1.165) is 44.5 Å². The molecule has 136 valence electrons. The van der Waals surface area contributed by atoms with Gasteiger partial charge in [-0.2, -0.15) is 0 Å². The van der Waals surface area contributed by atoms with Crippen LogP contribution in [0.3, 0.4) is 0 Å². The first-order valence-corrected chi connectivity index (χ1v) is 9.48. The molecule has 0 aromatic carbocycles. The molecule has 5 nitrogen and oxygen atoms in total. The number of urea groups is 1. The van der Waals surface area contributed by atoms with Gasteiger partial charge in [-0.15, -0.1) is 0 Å². The number of hydrogen-bond donors (Lipinski definition) is 1. The zero-order valence-corrected chi connectivity index (χ0v) is 15.1. The van der Waals surface area contributed by atoms with Crippen molar-refractivity contribution < 1.29 is 9.53 Å². The number of rotatable bonds is 5. The number of carbonyl (C=O) groups excluding carboxylic acids is 1. The quantitative estimate of drug-likeness (QED) is 0.830. The summed E-state index contributed by atoms with van der Waals surface area (Å²) in [5.41, 5.74) is 2.34. The van der Waals surface area contributed by atoms with Crippen LogP contribution in [0.2, 0.25) is 0 Å². The fourth-order valence-electron chi connectivity index (χ4n) is 3.54. The van der Waals surface area contributed by atoms with Gasteiger partial charge >= 0.3 is 6.03 Å². The lowest BCUT2D eigenvalue weighted by Gasteiger charge is -2.33. The highest BCUT2D eigenvalue weighted by Gasteiger charge is 2.24. The van der Waals surface area contributed by atoms with Crippen LogP contribution >= 0.6 is 0 Å². The van der Waals surface area contributed by atoms with Crippen molar-refractivity contribution in [1.82, 2.24) is 15.2 Å². The van der Waals surface area contributed by atoms with Crippen LogP contribution in [-0.2, 0) is 11.3 Å². The number of piperidine rings is 1. The van der Waals surface area contributed by atoms with Crippen LogP contribution in [0.25, 0.3) is 0 Å². The van der Waals surface area contributed by atoms with Gasteiger partial charge in [-0.25, -0.2) is 4.79 Å². The Kier molecular flexibility index (Phi) is 6.45. The van der Waals surface area contributed by atoms with Gasteiger partial charge in [-0.1, -0.05) is 17.7 Å². The molecule has 1 N–H and O–H groups in total. The van der Waals surface area contributed by atoms with Gasteiger partial charge in [-0.05, 0) is 57.6 Å². The molecular formula is C20H29N3O2. The van der Waals surface area contributed by atoms with Crippen molar-refractivity contribution in [2.45, 2.75) is 64.2 Å². The third kappa shape index (κ3) is 5.30. The monoisotopic (exact) mass is 343 g/mol. The second-order valence-electron chi connectivity index (χ2n) is 7.01. The molecule has 0 spiro atoms. The van der Waals surface area contributed by atoms with E-state index in [-0.39, 0.29) is 18.2 Å². The first kappa shape index (κ1) is 17.9. The number of ether oxygens (including phenoxy) is 1. The molecule has 0 bridgehead atoms. The second-order valence-corrected chi connectivity index (χ2v) is 7.01. The zero-order valence-electron chi connectivity index (χ0n) is 15.1. The van der Waals surface area contributed by atoms with E-state index in [4.69, 9.17) is 4.74 Å². The largest absolute Gasteiger partial charge is 0.372 e. The van der Waals surface area contributed by atoms with E-state index in [1.165, 1.54) is 18.4 Å². The number of nitrogens with zero attached hydrogens (tertiary/aromatic N) is 2. The summed E-state index contributed by atoms with van der Waals surface area (Å²) >= 11 is 0. The number of pyridine rings is 1. The molecule has 5 heteroatoms. The highest BCUT2D eigenvalue weighted by Crippen LogP contribution is 2.21. The zero-order chi connectivity index (χ0) is 17.5. The minimum Gasteiger partial charge on any atom is -0.372 e. The molecule has 1 unspecified atom stereocenters. The average Bonchev–Trinajstić information content (AvgIpc) is 2.68. The van der Waals surface area contributed by atoms with Crippen LogP contribution in [-0.4, -0.2) is 41.2 Å². The molecule has 1 fully saturated rings. The first-order valence-electron chi connectivity index (χ1n) is 9.48. The Morgan fingerprint density at radius 2 is 2.20 bits per heavy atom. The van der Waals surface area contributed by atoms with Gasteiger partial charge in [-0.3, -0.25) is 4.98 Å². The fraction of sp³-hybridized carbons (Fsp3) is 0.600. The van der Waals surface area contributed by atoms with Crippen LogP contribution in [0.5, 0.6) is 0 Å². The highest BCUT2D eigenvalue weighted by molar-refractivity contribution is 5.75. The maximum atomic E-state index is 12.5. The van der Waals surface area contributed by atoms with E-state index in [1.54, 1.807) is 6.20 Å². The van der Waals surface area contributed by atoms with Crippen LogP contribution < -0.4 is 5.32 Å². The molecule has 2 amide bonds. The van der Waals surface area contributed by atoms with E-state index < -0.39 is 0 Å². The van der Waals surface area contributed by atoms with E-state index in [2.05, 4.69) is 23.3 Å². The lowest BCUT2D eigenvalue weighted by Crippen LogP contribution is -2.48. The Labute approximate surface area is 150 Å². The summed E-state index contributed by atoms with van der Waals surface area (Å²) in [6, 6.07) is 6.06. The Bertz CT molecular complexity index is 580. The topological polar surface area (TPSA) is 54.5 Å². The molecule has 1 saturated heterocycles. The third-order valence-electron chi connectivity index (χ3n) is 5.14. The maximum absolute atomic E-state index is 12.5. The Hall–Kier alpha value is -1.88. The van der Waals surface area contributed by atoms with Crippen molar-refractivity contribution in [3.05, 3.63) is 41.7 Å². The second kappa shape index (κ2) is 8.99. The summed E-state index contributed by atoms with van der Waals surface area (Å²) in [6.07, 6.45) is 10.8. The Morgan fingerprint density at radius 3 is 2.88 bits per heavy atom. The molecule has 0 saturated carbocycles. The minimum absolute atomic E-state index is 0.0575. The SMILES string of the molecule is CC(NC(=O)N1CCC(OCc2ccccn2)CC1)C1=CCCCC1. The van der Waals surface area contributed by atoms with Crippen molar-refractivity contribution in [1.29, 1.82) is 0 Å². The Morgan fingerprint density at radius 1 is 1.36 bits per heavy atom. The molecule has 2 heterocycles. The lowest BCUT2D eigenvalue weighted by atomic mass is 9.95. The summed E-state index contributed by atoms with van der Waals surface area (Å²) in [5.74, 6) is 0. The molecule has 1 aliphatic heterocycles. The van der Waals surface area contributed by atoms with Crippen molar-refractivity contribution >= 4 is 6.03 Å². The third-order valence-corrected chi connectivity index (χ3v) is 5.14.